The molecule has 0 unspecified atom stereocenters. The van der Waals surface area contributed by atoms with Gasteiger partial charge in [-0.2, -0.15) is 18.4 Å². The Balaban J connectivity index is 1.78. The van der Waals surface area contributed by atoms with Gasteiger partial charge in [0, 0.05) is 16.8 Å². The lowest BCUT2D eigenvalue weighted by atomic mass is 9.87. The third kappa shape index (κ3) is 5.69. The number of benzene rings is 2. The van der Waals surface area contributed by atoms with Gasteiger partial charge in [0.2, 0.25) is 11.8 Å². The second-order valence-electron chi connectivity index (χ2n) is 6.74. The summed E-state index contributed by atoms with van der Waals surface area (Å²) in [6, 6.07) is 10.7. The zero-order valence-corrected chi connectivity index (χ0v) is 18.5. The first-order chi connectivity index (χ1) is 15.1. The number of nitrogens with one attached hydrogen (secondary N) is 2. The van der Waals surface area contributed by atoms with Crippen LogP contribution in [-0.4, -0.2) is 17.6 Å². The maximum absolute atomic E-state index is 13.2. The van der Waals surface area contributed by atoms with Crippen molar-refractivity contribution in [3.05, 3.63) is 74.5 Å². The van der Waals surface area contributed by atoms with Crippen LogP contribution in [0.3, 0.4) is 0 Å². The summed E-state index contributed by atoms with van der Waals surface area (Å²) < 4.78 is 53.1. The lowest BCUT2D eigenvalue weighted by Gasteiger charge is -2.25. The van der Waals surface area contributed by atoms with Gasteiger partial charge in [-0.3, -0.25) is 9.59 Å². The molecule has 0 fully saturated rings. The first kappa shape index (κ1) is 23.8. The lowest BCUT2D eigenvalue weighted by Crippen LogP contribution is -2.31. The van der Waals surface area contributed by atoms with Crippen molar-refractivity contribution in [3.63, 3.8) is 0 Å². The molecule has 0 aromatic heterocycles. The Bertz CT molecular complexity index is 1130. The van der Waals surface area contributed by atoms with Crippen LogP contribution < -0.4 is 10.6 Å². The summed E-state index contributed by atoms with van der Waals surface area (Å²) in [5.74, 6) is -2.57. The summed E-state index contributed by atoms with van der Waals surface area (Å²) in [4.78, 5) is 24.5. The van der Waals surface area contributed by atoms with Crippen LogP contribution in [0, 0.1) is 17.1 Å². The van der Waals surface area contributed by atoms with Gasteiger partial charge in [0.25, 0.3) is 0 Å². The standard InChI is InChI=1S/C21H14BrF4N3O2S/c22-12-3-6-17(16(7-12)21(24,25)26)28-19(31)10-32-20-15(9-27)14(8-18(30)29-20)11-1-4-13(23)5-2-11/h1-7,14H,8,10H2,(H,28,31)(H,29,30)/t14-/m0/s1. The van der Waals surface area contributed by atoms with Crippen molar-refractivity contribution in [2.24, 2.45) is 0 Å². The highest BCUT2D eigenvalue weighted by Gasteiger charge is 2.34. The molecule has 1 heterocycles. The van der Waals surface area contributed by atoms with E-state index in [4.69, 9.17) is 0 Å². The highest BCUT2D eigenvalue weighted by molar-refractivity contribution is 9.10. The van der Waals surface area contributed by atoms with Crippen molar-refractivity contribution >= 4 is 45.2 Å². The molecule has 1 atom stereocenters. The lowest BCUT2D eigenvalue weighted by molar-refractivity contribution is -0.137. The van der Waals surface area contributed by atoms with Gasteiger partial charge in [-0.15, -0.1) is 0 Å². The molecule has 2 N–H and O–H groups in total. The Labute approximate surface area is 193 Å². The highest BCUT2D eigenvalue weighted by atomic mass is 79.9. The number of carbonyl (C=O) groups is 2. The number of thioether (sulfide) groups is 1. The summed E-state index contributed by atoms with van der Waals surface area (Å²) in [6.07, 6.45) is -4.70. The molecule has 11 heteroatoms. The van der Waals surface area contributed by atoms with Gasteiger partial charge in [0.1, 0.15) is 5.82 Å². The van der Waals surface area contributed by atoms with Gasteiger partial charge in [-0.1, -0.05) is 39.8 Å². The van der Waals surface area contributed by atoms with Crippen LogP contribution in [-0.2, 0) is 15.8 Å². The molecule has 0 saturated heterocycles. The van der Waals surface area contributed by atoms with Crippen LogP contribution >= 0.6 is 27.7 Å². The Morgan fingerprint density at radius 1 is 1.25 bits per heavy atom. The molecule has 32 heavy (non-hydrogen) atoms. The molecule has 0 aliphatic carbocycles. The van der Waals surface area contributed by atoms with E-state index in [0.717, 1.165) is 23.9 Å². The van der Waals surface area contributed by atoms with E-state index in [1.54, 1.807) is 0 Å². The SMILES string of the molecule is N#CC1=C(SCC(=O)Nc2ccc(Br)cc2C(F)(F)F)NC(=O)C[C@H]1c1ccc(F)cc1. The molecule has 2 amide bonds. The number of carbonyl (C=O) groups excluding carboxylic acids is 2. The molecule has 0 spiro atoms. The fraction of sp³-hybridized carbons (Fsp3) is 0.190. The van der Waals surface area contributed by atoms with Crippen molar-refractivity contribution in [1.82, 2.24) is 5.32 Å². The summed E-state index contributed by atoms with van der Waals surface area (Å²) in [7, 11) is 0. The van der Waals surface area contributed by atoms with Gasteiger partial charge in [-0.05, 0) is 35.9 Å². The Morgan fingerprint density at radius 2 is 1.94 bits per heavy atom. The van der Waals surface area contributed by atoms with Crippen LogP contribution in [0.2, 0.25) is 0 Å². The number of hydrogen-bond acceptors (Lipinski definition) is 4. The summed E-state index contributed by atoms with van der Waals surface area (Å²) in [5.41, 5.74) is -0.666. The number of rotatable bonds is 5. The largest absolute Gasteiger partial charge is 0.418 e. The number of halogens is 5. The maximum Gasteiger partial charge on any atom is 0.418 e. The second-order valence-corrected chi connectivity index (χ2v) is 8.64. The van der Waals surface area contributed by atoms with E-state index in [0.29, 0.717) is 5.56 Å². The molecule has 5 nitrogen and oxygen atoms in total. The topological polar surface area (TPSA) is 82.0 Å². The normalized spacial score (nSPS) is 16.4. The number of alkyl halides is 3. The smallest absolute Gasteiger partial charge is 0.325 e. The Kier molecular flexibility index (Phi) is 7.26. The fourth-order valence-corrected chi connectivity index (χ4v) is 4.33. The molecule has 0 bridgehead atoms. The van der Waals surface area contributed by atoms with Gasteiger partial charge < -0.3 is 10.6 Å². The van der Waals surface area contributed by atoms with Crippen molar-refractivity contribution in [2.75, 3.05) is 11.1 Å². The molecule has 0 radical (unpaired) electrons. The number of nitrogens with zero attached hydrogens (tertiary/aromatic N) is 1. The van der Waals surface area contributed by atoms with Crippen molar-refractivity contribution < 1.29 is 27.2 Å². The first-order valence-electron chi connectivity index (χ1n) is 9.07. The van der Waals surface area contributed by atoms with E-state index < -0.39 is 41.0 Å². The summed E-state index contributed by atoms with van der Waals surface area (Å²) in [6.45, 7) is 0. The minimum atomic E-state index is -4.67. The summed E-state index contributed by atoms with van der Waals surface area (Å²) >= 11 is 3.80. The minimum Gasteiger partial charge on any atom is -0.325 e. The fourth-order valence-electron chi connectivity index (χ4n) is 3.10. The van der Waals surface area contributed by atoms with E-state index in [9.17, 15) is 32.4 Å². The van der Waals surface area contributed by atoms with Gasteiger partial charge >= 0.3 is 6.18 Å². The molecule has 2 aromatic carbocycles. The van der Waals surface area contributed by atoms with E-state index in [1.807, 2.05) is 6.07 Å². The monoisotopic (exact) mass is 527 g/mol. The average molecular weight is 528 g/mol. The molecule has 2 aromatic rings. The molecule has 3 rings (SSSR count). The number of amides is 2. The zero-order valence-electron chi connectivity index (χ0n) is 16.1. The molecule has 0 saturated carbocycles. The van der Waals surface area contributed by atoms with Crippen molar-refractivity contribution in [1.29, 1.82) is 5.26 Å². The number of allylic oxidation sites excluding steroid dienone is 1. The predicted molar refractivity (Wildman–Crippen MR) is 115 cm³/mol. The predicted octanol–water partition coefficient (Wildman–Crippen LogP) is 5.32. The zero-order chi connectivity index (χ0) is 23.5. The molecular weight excluding hydrogens is 514 g/mol. The van der Waals surface area contributed by atoms with Crippen LogP contribution in [0.25, 0.3) is 0 Å². The highest BCUT2D eigenvalue weighted by Crippen LogP contribution is 2.38. The second kappa shape index (κ2) is 9.75. The van der Waals surface area contributed by atoms with E-state index in [-0.39, 0.29) is 27.2 Å². The maximum atomic E-state index is 13.2. The van der Waals surface area contributed by atoms with E-state index in [1.165, 1.54) is 30.3 Å². The molecule has 1 aliphatic heterocycles. The van der Waals surface area contributed by atoms with Crippen molar-refractivity contribution in [3.8, 4) is 6.07 Å². The average Bonchev–Trinajstić information content (AvgIpc) is 2.73. The molecular formula is C21H14BrF4N3O2S. The van der Waals surface area contributed by atoms with Crippen LogP contribution in [0.1, 0.15) is 23.5 Å². The van der Waals surface area contributed by atoms with Crippen LogP contribution in [0.5, 0.6) is 0 Å². The van der Waals surface area contributed by atoms with Crippen LogP contribution in [0.4, 0.5) is 23.2 Å². The summed E-state index contributed by atoms with van der Waals surface area (Å²) in [5, 5.41) is 14.5. The minimum absolute atomic E-state index is 0.0291. The Hall–Kier alpha value is -2.84. The molecule has 1 aliphatic rings. The van der Waals surface area contributed by atoms with Gasteiger partial charge in [-0.25, -0.2) is 4.39 Å². The number of anilines is 1. The Morgan fingerprint density at radius 3 is 2.56 bits per heavy atom. The number of hydrogen-bond donors (Lipinski definition) is 2. The first-order valence-corrected chi connectivity index (χ1v) is 10.9. The van der Waals surface area contributed by atoms with Crippen LogP contribution in [0.15, 0.2) is 57.5 Å². The number of nitriles is 1. The molecule has 166 valence electrons. The van der Waals surface area contributed by atoms with Crippen molar-refractivity contribution in [2.45, 2.75) is 18.5 Å². The quantitative estimate of drug-likeness (QED) is 0.515. The third-order valence-electron chi connectivity index (χ3n) is 4.54. The van der Waals surface area contributed by atoms with E-state index in [2.05, 4.69) is 26.6 Å². The van der Waals surface area contributed by atoms with Gasteiger partial charge in [0.15, 0.2) is 0 Å². The van der Waals surface area contributed by atoms with E-state index >= 15 is 0 Å². The van der Waals surface area contributed by atoms with Gasteiger partial charge in [0.05, 0.1) is 33.7 Å². The third-order valence-corrected chi connectivity index (χ3v) is 6.05.